The number of likely N-dealkylation sites (N-methyl/N-ethyl adjacent to an activating group) is 1. The number of carbonyl (C=O) groups is 1. The number of nitrogens with one attached hydrogen (secondary N) is 1. The topological polar surface area (TPSA) is 32.3 Å². The number of carbonyl (C=O) groups excluding carboxylic acids is 1. The summed E-state index contributed by atoms with van der Waals surface area (Å²) in [6.07, 6.45) is 2.07. The molecule has 1 unspecified atom stereocenters. The van der Waals surface area contributed by atoms with Gasteiger partial charge >= 0.3 is 0 Å². The summed E-state index contributed by atoms with van der Waals surface area (Å²) in [5.41, 5.74) is -0.524. The Hall–Kier alpha value is -1.01. The highest BCUT2D eigenvalue weighted by molar-refractivity contribution is 9.10. The molecule has 1 atom stereocenters. The van der Waals surface area contributed by atoms with Crippen LogP contribution in [0.25, 0.3) is 0 Å². The summed E-state index contributed by atoms with van der Waals surface area (Å²) in [5, 5.41) is 2.60. The second-order valence-electron chi connectivity index (χ2n) is 4.73. The highest BCUT2D eigenvalue weighted by atomic mass is 79.9. The van der Waals surface area contributed by atoms with E-state index in [1.807, 2.05) is 7.05 Å². The van der Waals surface area contributed by atoms with E-state index < -0.39 is 23.1 Å². The Kier molecular flexibility index (Phi) is 4.52. The van der Waals surface area contributed by atoms with Crippen molar-refractivity contribution >= 4 is 21.8 Å². The summed E-state index contributed by atoms with van der Waals surface area (Å²) in [6.45, 7) is 1.39. The number of halogens is 3. The summed E-state index contributed by atoms with van der Waals surface area (Å²) in [6, 6.07) is 2.41. The highest BCUT2D eigenvalue weighted by Gasteiger charge is 2.23. The van der Waals surface area contributed by atoms with Gasteiger partial charge in [-0.1, -0.05) is 15.9 Å². The molecule has 1 N–H and O–H groups in total. The summed E-state index contributed by atoms with van der Waals surface area (Å²) in [7, 11) is 1.98. The zero-order valence-corrected chi connectivity index (χ0v) is 12.1. The molecule has 1 saturated heterocycles. The molecule has 0 bridgehead atoms. The maximum Gasteiger partial charge on any atom is 0.257 e. The van der Waals surface area contributed by atoms with E-state index in [4.69, 9.17) is 0 Å². The van der Waals surface area contributed by atoms with E-state index in [0.29, 0.717) is 6.54 Å². The zero-order valence-electron chi connectivity index (χ0n) is 10.5. The van der Waals surface area contributed by atoms with Gasteiger partial charge in [0.2, 0.25) is 0 Å². The number of amides is 1. The van der Waals surface area contributed by atoms with Crippen molar-refractivity contribution in [3.8, 4) is 0 Å². The second kappa shape index (κ2) is 5.96. The van der Waals surface area contributed by atoms with Gasteiger partial charge in [-0.25, -0.2) is 8.78 Å². The third-order valence-electron chi connectivity index (χ3n) is 3.40. The minimum absolute atomic E-state index is 0.241. The van der Waals surface area contributed by atoms with E-state index in [9.17, 15) is 13.6 Å². The number of hydrogen-bond donors (Lipinski definition) is 1. The number of nitrogens with zero attached hydrogens (tertiary/aromatic N) is 1. The van der Waals surface area contributed by atoms with E-state index in [0.717, 1.165) is 31.5 Å². The quantitative estimate of drug-likeness (QED) is 0.922. The molecule has 1 aromatic carbocycles. The van der Waals surface area contributed by atoms with Gasteiger partial charge < -0.3 is 10.2 Å². The summed E-state index contributed by atoms with van der Waals surface area (Å²) in [5.74, 6) is -2.42. The van der Waals surface area contributed by atoms with Crippen LogP contribution < -0.4 is 5.32 Å². The molecule has 1 aliphatic heterocycles. The van der Waals surface area contributed by atoms with Crippen LogP contribution in [0.15, 0.2) is 16.6 Å². The lowest BCUT2D eigenvalue weighted by molar-refractivity contribution is 0.0935. The van der Waals surface area contributed by atoms with Gasteiger partial charge in [-0.05, 0) is 38.6 Å². The number of benzene rings is 1. The van der Waals surface area contributed by atoms with Crippen LogP contribution in [0.1, 0.15) is 23.2 Å². The molecule has 0 spiro atoms. The van der Waals surface area contributed by atoms with E-state index in [2.05, 4.69) is 26.1 Å². The van der Waals surface area contributed by atoms with E-state index in [1.165, 1.54) is 0 Å². The van der Waals surface area contributed by atoms with Gasteiger partial charge in [0.1, 0.15) is 17.2 Å². The van der Waals surface area contributed by atoms with Crippen LogP contribution >= 0.6 is 15.9 Å². The molecule has 1 aromatic rings. The van der Waals surface area contributed by atoms with Crippen molar-refractivity contribution in [2.75, 3.05) is 20.1 Å². The van der Waals surface area contributed by atoms with Crippen molar-refractivity contribution in [2.24, 2.45) is 0 Å². The molecule has 6 heteroatoms. The molecule has 104 valence electrons. The fraction of sp³-hybridized carbons (Fsp3) is 0.462. The van der Waals surface area contributed by atoms with Gasteiger partial charge in [-0.3, -0.25) is 4.79 Å². The average molecular weight is 333 g/mol. The van der Waals surface area contributed by atoms with Crippen LogP contribution in [0, 0.1) is 11.6 Å². The Labute approximate surface area is 119 Å². The molecular formula is C13H15BrF2N2O. The molecule has 3 nitrogen and oxygen atoms in total. The fourth-order valence-electron chi connectivity index (χ4n) is 2.30. The first-order valence-electron chi connectivity index (χ1n) is 6.12. The van der Waals surface area contributed by atoms with E-state index in [1.54, 1.807) is 0 Å². The molecule has 2 rings (SSSR count). The molecule has 19 heavy (non-hydrogen) atoms. The first-order chi connectivity index (χ1) is 8.99. The Bertz CT molecular complexity index is 473. The van der Waals surface area contributed by atoms with Crippen LogP contribution in [-0.4, -0.2) is 37.0 Å². The van der Waals surface area contributed by atoms with Crippen LogP contribution in [0.3, 0.4) is 0 Å². The standard InChI is InChI=1S/C13H15BrF2N2O/c1-18-4-2-3-9(18)7-17-13(19)12-10(15)5-8(14)6-11(12)16/h5-6,9H,2-4,7H2,1H3,(H,17,19). The van der Waals surface area contributed by atoms with Crippen molar-refractivity contribution in [3.05, 3.63) is 33.8 Å². The largest absolute Gasteiger partial charge is 0.350 e. The van der Waals surface area contributed by atoms with Gasteiger partial charge in [-0.15, -0.1) is 0 Å². The first kappa shape index (κ1) is 14.4. The van der Waals surface area contributed by atoms with Gasteiger partial charge in [0.25, 0.3) is 5.91 Å². The molecule has 0 aliphatic carbocycles. The predicted octanol–water partition coefficient (Wildman–Crippen LogP) is 2.55. The van der Waals surface area contributed by atoms with Crippen LogP contribution in [-0.2, 0) is 0 Å². The molecule has 1 fully saturated rings. The van der Waals surface area contributed by atoms with Crippen molar-refractivity contribution in [1.82, 2.24) is 10.2 Å². The maximum absolute atomic E-state index is 13.6. The maximum atomic E-state index is 13.6. The normalized spacial score (nSPS) is 19.7. The Morgan fingerprint density at radius 1 is 1.47 bits per heavy atom. The molecule has 0 radical (unpaired) electrons. The monoisotopic (exact) mass is 332 g/mol. The average Bonchev–Trinajstić information content (AvgIpc) is 2.70. The highest BCUT2D eigenvalue weighted by Crippen LogP contribution is 2.19. The van der Waals surface area contributed by atoms with Crippen molar-refractivity contribution in [3.63, 3.8) is 0 Å². The Morgan fingerprint density at radius 3 is 2.63 bits per heavy atom. The SMILES string of the molecule is CN1CCCC1CNC(=O)c1c(F)cc(Br)cc1F. The molecular weight excluding hydrogens is 318 g/mol. The lowest BCUT2D eigenvalue weighted by Gasteiger charge is -2.19. The number of likely N-dealkylation sites (tertiary alicyclic amines) is 1. The summed E-state index contributed by atoms with van der Waals surface area (Å²) in [4.78, 5) is 14.0. The van der Waals surface area contributed by atoms with Gasteiger partial charge in [0.15, 0.2) is 0 Å². The lowest BCUT2D eigenvalue weighted by Crippen LogP contribution is -2.38. The fourth-order valence-corrected chi connectivity index (χ4v) is 2.70. The third-order valence-corrected chi connectivity index (χ3v) is 3.86. The first-order valence-corrected chi connectivity index (χ1v) is 6.91. The lowest BCUT2D eigenvalue weighted by atomic mass is 10.1. The number of rotatable bonds is 3. The summed E-state index contributed by atoms with van der Waals surface area (Å²) >= 11 is 2.98. The van der Waals surface area contributed by atoms with E-state index >= 15 is 0 Å². The smallest absolute Gasteiger partial charge is 0.257 e. The second-order valence-corrected chi connectivity index (χ2v) is 5.65. The molecule has 0 saturated carbocycles. The van der Waals surface area contributed by atoms with Crippen molar-refractivity contribution in [2.45, 2.75) is 18.9 Å². The minimum Gasteiger partial charge on any atom is -0.350 e. The Morgan fingerprint density at radius 2 is 2.11 bits per heavy atom. The molecule has 1 heterocycles. The predicted molar refractivity (Wildman–Crippen MR) is 72.0 cm³/mol. The molecule has 1 amide bonds. The Balaban J connectivity index is 2.04. The van der Waals surface area contributed by atoms with Gasteiger partial charge in [0, 0.05) is 17.1 Å². The van der Waals surface area contributed by atoms with Gasteiger partial charge in [0.05, 0.1) is 0 Å². The zero-order chi connectivity index (χ0) is 14.0. The van der Waals surface area contributed by atoms with Crippen molar-refractivity contribution < 1.29 is 13.6 Å². The molecule has 0 aromatic heterocycles. The third kappa shape index (κ3) is 3.30. The van der Waals surface area contributed by atoms with Crippen molar-refractivity contribution in [1.29, 1.82) is 0 Å². The molecule has 1 aliphatic rings. The van der Waals surface area contributed by atoms with Crippen LogP contribution in [0.2, 0.25) is 0 Å². The number of hydrogen-bond acceptors (Lipinski definition) is 2. The minimum atomic E-state index is -0.857. The van der Waals surface area contributed by atoms with Crippen LogP contribution in [0.4, 0.5) is 8.78 Å². The van der Waals surface area contributed by atoms with E-state index in [-0.39, 0.29) is 10.5 Å². The van der Waals surface area contributed by atoms with Gasteiger partial charge in [-0.2, -0.15) is 0 Å². The summed E-state index contributed by atoms with van der Waals surface area (Å²) < 4.78 is 27.5. The van der Waals surface area contributed by atoms with Crippen LogP contribution in [0.5, 0.6) is 0 Å².